The quantitative estimate of drug-likeness (QED) is 0.104. The molecule has 2 aliphatic rings. The Hall–Kier alpha value is -4.01. The Balaban J connectivity index is 1.36. The van der Waals surface area contributed by atoms with E-state index in [4.69, 9.17) is 14.0 Å². The molecule has 250 valence electrons. The molecule has 7 rings (SSSR count). The summed E-state index contributed by atoms with van der Waals surface area (Å²) in [5.74, 6) is 3.43. The van der Waals surface area contributed by atoms with Crippen molar-refractivity contribution in [3.05, 3.63) is 144 Å². The molecule has 5 heteroatoms. The second-order valence-electron chi connectivity index (χ2n) is 13.7. The minimum atomic E-state index is -0.978. The zero-order chi connectivity index (χ0) is 33.4. The van der Waals surface area contributed by atoms with Crippen LogP contribution in [0.2, 0.25) is 0 Å². The van der Waals surface area contributed by atoms with Crippen molar-refractivity contribution in [1.82, 2.24) is 0 Å². The summed E-state index contributed by atoms with van der Waals surface area (Å²) in [7, 11) is -1.94. The average Bonchev–Trinajstić information content (AvgIpc) is 3.14. The molecule has 0 bridgehead atoms. The molecule has 0 spiro atoms. The van der Waals surface area contributed by atoms with Crippen LogP contribution >= 0.6 is 7.92 Å². The third-order valence-corrected chi connectivity index (χ3v) is 12.9. The summed E-state index contributed by atoms with van der Waals surface area (Å²) in [5.41, 5.74) is 6.28. The summed E-state index contributed by atoms with van der Waals surface area (Å²) in [5, 5.41) is 4.01. The molecule has 0 saturated heterocycles. The molecule has 2 saturated carbocycles. The minimum absolute atomic E-state index is 0.587. The summed E-state index contributed by atoms with van der Waals surface area (Å²) in [6.07, 6.45) is 13.2. The molecule has 5 aromatic carbocycles. The maximum absolute atomic E-state index is 6.81. The molecular formula is C44H48BO3P. The van der Waals surface area contributed by atoms with Gasteiger partial charge in [0.2, 0.25) is 0 Å². The fourth-order valence-electron chi connectivity index (χ4n) is 8.23. The first-order valence-electron chi connectivity index (χ1n) is 18.3. The van der Waals surface area contributed by atoms with E-state index < -0.39 is 15.2 Å². The Bertz CT molecular complexity index is 1740. The Morgan fingerprint density at radius 3 is 1.57 bits per heavy atom. The van der Waals surface area contributed by atoms with Crippen LogP contribution in [0, 0.1) is 13.8 Å². The second-order valence-corrected chi connectivity index (χ2v) is 15.9. The number of rotatable bonds is 11. The third-order valence-electron chi connectivity index (χ3n) is 10.4. The Labute approximate surface area is 295 Å². The van der Waals surface area contributed by atoms with Crippen LogP contribution in [-0.2, 0) is 0 Å². The Morgan fingerprint density at radius 2 is 1.00 bits per heavy atom. The van der Waals surface area contributed by atoms with Crippen molar-refractivity contribution in [1.29, 1.82) is 0 Å². The van der Waals surface area contributed by atoms with Crippen LogP contribution in [0.5, 0.6) is 17.2 Å². The van der Waals surface area contributed by atoms with Crippen molar-refractivity contribution in [3.63, 3.8) is 0 Å². The Kier molecular flexibility index (Phi) is 11.0. The highest BCUT2D eigenvalue weighted by Crippen LogP contribution is 2.46. The molecule has 0 N–H and O–H groups in total. The zero-order valence-corrected chi connectivity index (χ0v) is 29.9. The summed E-state index contributed by atoms with van der Waals surface area (Å²) in [4.78, 5) is 0. The van der Waals surface area contributed by atoms with Gasteiger partial charge in [-0.2, -0.15) is 0 Å². The Morgan fingerprint density at radius 1 is 0.510 bits per heavy atom. The molecule has 2 aliphatic carbocycles. The first kappa shape index (κ1) is 33.5. The van der Waals surface area contributed by atoms with Gasteiger partial charge in [-0.3, -0.25) is 0 Å². The lowest BCUT2D eigenvalue weighted by Gasteiger charge is -2.34. The number of hydrogen-bond donors (Lipinski definition) is 0. The smallest absolute Gasteiger partial charge is 0.490 e. The standard InChI is InChI=1S/C44H48BO3P/c1-33-32-42(44(36-22-10-4-11-23-36)34(2)43(33)35-20-8-3-9-21-35)49(39-28-16-7-17-29-39)41-31-19-18-30-40(41)48-45(46-37-24-12-5-13-25-37)47-38-26-14-6-15-27-38/h5-7,12-19,24-32,35-36H,3-4,8-11,20-23H2,1-2H3. The van der Waals surface area contributed by atoms with Gasteiger partial charge in [0.05, 0.1) is 0 Å². The van der Waals surface area contributed by atoms with E-state index >= 15 is 0 Å². The van der Waals surface area contributed by atoms with Crippen molar-refractivity contribution in [2.24, 2.45) is 0 Å². The van der Waals surface area contributed by atoms with Gasteiger partial charge in [-0.05, 0) is 122 Å². The van der Waals surface area contributed by atoms with Crippen LogP contribution in [0.4, 0.5) is 0 Å². The summed E-state index contributed by atoms with van der Waals surface area (Å²) < 4.78 is 19.6. The van der Waals surface area contributed by atoms with E-state index in [-0.39, 0.29) is 0 Å². The van der Waals surface area contributed by atoms with Crippen LogP contribution in [-0.4, -0.2) is 7.32 Å². The van der Waals surface area contributed by atoms with Crippen LogP contribution in [0.3, 0.4) is 0 Å². The molecule has 1 unspecified atom stereocenters. The predicted octanol–water partition coefficient (Wildman–Crippen LogP) is 10.7. The average molecular weight is 667 g/mol. The van der Waals surface area contributed by atoms with Gasteiger partial charge in [-0.25, -0.2) is 0 Å². The number of para-hydroxylation sites is 3. The highest BCUT2D eigenvalue weighted by Gasteiger charge is 2.35. The van der Waals surface area contributed by atoms with Crippen LogP contribution < -0.4 is 29.9 Å². The topological polar surface area (TPSA) is 27.7 Å². The van der Waals surface area contributed by atoms with E-state index in [1.165, 1.54) is 85.7 Å². The summed E-state index contributed by atoms with van der Waals surface area (Å²) in [6, 6.07) is 41.8. The monoisotopic (exact) mass is 666 g/mol. The van der Waals surface area contributed by atoms with Crippen LogP contribution in [0.25, 0.3) is 0 Å². The maximum Gasteiger partial charge on any atom is 0.864 e. The van der Waals surface area contributed by atoms with Crippen molar-refractivity contribution in [2.45, 2.75) is 89.9 Å². The summed E-state index contributed by atoms with van der Waals surface area (Å²) in [6.45, 7) is 4.84. The van der Waals surface area contributed by atoms with Gasteiger partial charge in [0, 0.05) is 5.30 Å². The van der Waals surface area contributed by atoms with Gasteiger partial charge in [0.25, 0.3) is 0 Å². The molecular weight excluding hydrogens is 618 g/mol. The number of hydrogen-bond acceptors (Lipinski definition) is 3. The van der Waals surface area contributed by atoms with Gasteiger partial charge in [0.1, 0.15) is 17.2 Å². The normalized spacial score (nSPS) is 16.1. The maximum atomic E-state index is 6.81. The molecule has 0 heterocycles. The number of aryl methyl sites for hydroxylation is 1. The minimum Gasteiger partial charge on any atom is -0.490 e. The largest absolute Gasteiger partial charge is 0.864 e. The fraction of sp³-hybridized carbons (Fsp3) is 0.318. The predicted molar refractivity (Wildman–Crippen MR) is 207 cm³/mol. The van der Waals surface area contributed by atoms with Gasteiger partial charge < -0.3 is 14.0 Å². The van der Waals surface area contributed by atoms with Crippen molar-refractivity contribution in [2.75, 3.05) is 0 Å². The molecule has 0 aliphatic heterocycles. The first-order valence-corrected chi connectivity index (χ1v) is 19.7. The number of benzene rings is 5. The lowest BCUT2D eigenvalue weighted by atomic mass is 9.75. The highest BCUT2D eigenvalue weighted by molar-refractivity contribution is 7.80. The van der Waals surface area contributed by atoms with Crippen LogP contribution in [0.15, 0.2) is 121 Å². The molecule has 1 atom stereocenters. The van der Waals surface area contributed by atoms with Gasteiger partial charge in [0.15, 0.2) is 0 Å². The van der Waals surface area contributed by atoms with E-state index in [1.807, 2.05) is 60.7 Å². The van der Waals surface area contributed by atoms with Gasteiger partial charge in [-0.1, -0.05) is 130 Å². The van der Waals surface area contributed by atoms with E-state index in [0.717, 1.165) is 5.75 Å². The molecule has 0 radical (unpaired) electrons. The zero-order valence-electron chi connectivity index (χ0n) is 29.0. The van der Waals surface area contributed by atoms with E-state index in [1.54, 1.807) is 16.7 Å². The molecule has 5 aromatic rings. The molecule has 0 aromatic heterocycles. The van der Waals surface area contributed by atoms with Crippen molar-refractivity contribution in [3.8, 4) is 17.2 Å². The third kappa shape index (κ3) is 7.92. The molecule has 2 fully saturated rings. The molecule has 49 heavy (non-hydrogen) atoms. The SMILES string of the molecule is Cc1cc(P(c2ccccc2)c2ccccc2OB(Oc2ccccc2)Oc2ccccc2)c(C2CCCCC2)c(C)c1C1CCCCC1. The van der Waals surface area contributed by atoms with E-state index in [2.05, 4.69) is 74.5 Å². The second kappa shape index (κ2) is 16.1. The highest BCUT2D eigenvalue weighted by atomic mass is 31.1. The molecule has 0 amide bonds. The first-order chi connectivity index (χ1) is 24.2. The molecule has 3 nitrogen and oxygen atoms in total. The van der Waals surface area contributed by atoms with Gasteiger partial charge >= 0.3 is 7.32 Å². The van der Waals surface area contributed by atoms with E-state index in [9.17, 15) is 0 Å². The fourth-order valence-corrected chi connectivity index (χ4v) is 11.0. The van der Waals surface area contributed by atoms with Gasteiger partial charge in [-0.15, -0.1) is 0 Å². The van der Waals surface area contributed by atoms with Crippen LogP contribution in [0.1, 0.15) is 98.3 Å². The van der Waals surface area contributed by atoms with Crippen molar-refractivity contribution >= 4 is 31.2 Å². The van der Waals surface area contributed by atoms with E-state index in [0.29, 0.717) is 23.3 Å². The lowest BCUT2D eigenvalue weighted by Crippen LogP contribution is -2.38. The summed E-state index contributed by atoms with van der Waals surface area (Å²) >= 11 is 0. The van der Waals surface area contributed by atoms with Crippen molar-refractivity contribution < 1.29 is 14.0 Å². The lowest BCUT2D eigenvalue weighted by molar-refractivity contribution is 0.308.